The highest BCUT2D eigenvalue weighted by molar-refractivity contribution is 6.43. The van der Waals surface area contributed by atoms with Crippen LogP contribution in [0.2, 0.25) is 15.1 Å². The Morgan fingerprint density at radius 2 is 1.80 bits per heavy atom. The minimum absolute atomic E-state index is 0.0944. The standard InChI is InChI=1S/C18H13Cl3N2O2/c19-14-9-16(21)15(20)8-13(14)10-25-18(23-7-6-22-11-23)17(24)12-4-2-1-3-5-12/h1-9,11,18H,10H2. The van der Waals surface area contributed by atoms with Crippen LogP contribution in [0.15, 0.2) is 61.2 Å². The van der Waals surface area contributed by atoms with Crippen LogP contribution >= 0.6 is 34.8 Å². The number of ether oxygens (including phenoxy) is 1. The summed E-state index contributed by atoms with van der Waals surface area (Å²) in [4.78, 5) is 16.8. The molecule has 0 N–H and O–H groups in total. The van der Waals surface area contributed by atoms with Gasteiger partial charge in [0.15, 0.2) is 6.23 Å². The average molecular weight is 396 g/mol. The van der Waals surface area contributed by atoms with E-state index in [0.29, 0.717) is 26.2 Å². The third-order valence-corrected chi connectivity index (χ3v) is 4.64. The molecule has 0 fully saturated rings. The van der Waals surface area contributed by atoms with E-state index in [2.05, 4.69) is 4.98 Å². The summed E-state index contributed by atoms with van der Waals surface area (Å²) in [5.74, 6) is -0.185. The number of ketones is 1. The highest BCUT2D eigenvalue weighted by atomic mass is 35.5. The normalized spacial score (nSPS) is 12.1. The molecule has 0 radical (unpaired) electrons. The van der Waals surface area contributed by atoms with Gasteiger partial charge in [0.1, 0.15) is 0 Å². The lowest BCUT2D eigenvalue weighted by atomic mass is 10.1. The molecule has 0 aliphatic carbocycles. The van der Waals surface area contributed by atoms with Gasteiger partial charge in [0.05, 0.1) is 23.0 Å². The van der Waals surface area contributed by atoms with E-state index in [1.165, 1.54) is 6.33 Å². The molecule has 3 rings (SSSR count). The molecule has 0 spiro atoms. The number of rotatable bonds is 6. The summed E-state index contributed by atoms with van der Waals surface area (Å²) in [5, 5.41) is 1.16. The second kappa shape index (κ2) is 8.02. The molecule has 0 amide bonds. The zero-order valence-corrected chi connectivity index (χ0v) is 15.2. The summed E-state index contributed by atoms with van der Waals surface area (Å²) < 4.78 is 7.45. The molecule has 2 aromatic carbocycles. The number of hydrogen-bond donors (Lipinski definition) is 0. The van der Waals surface area contributed by atoms with Crippen molar-refractivity contribution < 1.29 is 9.53 Å². The Labute approximate surface area is 159 Å². The first-order valence-electron chi connectivity index (χ1n) is 7.38. The summed E-state index contributed by atoms with van der Waals surface area (Å²) in [5.41, 5.74) is 1.18. The third kappa shape index (κ3) is 4.22. The molecule has 3 aromatic rings. The van der Waals surface area contributed by atoms with Crippen LogP contribution in [-0.4, -0.2) is 15.3 Å². The van der Waals surface area contributed by atoms with E-state index in [1.54, 1.807) is 53.4 Å². The number of benzene rings is 2. The van der Waals surface area contributed by atoms with E-state index in [4.69, 9.17) is 39.5 Å². The van der Waals surface area contributed by atoms with Crippen LogP contribution in [0.5, 0.6) is 0 Å². The first-order valence-corrected chi connectivity index (χ1v) is 8.51. The van der Waals surface area contributed by atoms with Crippen molar-refractivity contribution in [1.29, 1.82) is 0 Å². The van der Waals surface area contributed by atoms with Gasteiger partial charge in [0.2, 0.25) is 5.78 Å². The van der Waals surface area contributed by atoms with Crippen molar-refractivity contribution in [2.24, 2.45) is 0 Å². The quantitative estimate of drug-likeness (QED) is 0.412. The van der Waals surface area contributed by atoms with Crippen molar-refractivity contribution in [1.82, 2.24) is 9.55 Å². The van der Waals surface area contributed by atoms with Crippen LogP contribution in [0, 0.1) is 0 Å². The summed E-state index contributed by atoms with van der Waals surface area (Å²) in [6.45, 7) is 0.0944. The highest BCUT2D eigenvalue weighted by Crippen LogP contribution is 2.30. The van der Waals surface area contributed by atoms with Crippen LogP contribution < -0.4 is 0 Å². The minimum atomic E-state index is -0.865. The largest absolute Gasteiger partial charge is 0.345 e. The summed E-state index contributed by atoms with van der Waals surface area (Å²) in [7, 11) is 0. The summed E-state index contributed by atoms with van der Waals surface area (Å²) >= 11 is 18.1. The molecule has 128 valence electrons. The summed E-state index contributed by atoms with van der Waals surface area (Å²) in [6.07, 6.45) is 3.92. The predicted molar refractivity (Wildman–Crippen MR) is 98.3 cm³/mol. The second-order valence-electron chi connectivity index (χ2n) is 5.26. The fraction of sp³-hybridized carbons (Fsp3) is 0.111. The lowest BCUT2D eigenvalue weighted by molar-refractivity contribution is 0.000864. The molecule has 1 aromatic heterocycles. The number of imidazole rings is 1. The first kappa shape index (κ1) is 18.0. The van der Waals surface area contributed by atoms with E-state index >= 15 is 0 Å². The molecule has 1 unspecified atom stereocenters. The van der Waals surface area contributed by atoms with Crippen LogP contribution in [-0.2, 0) is 11.3 Å². The number of halogens is 3. The van der Waals surface area contributed by atoms with Crippen molar-refractivity contribution in [3.05, 3.63) is 87.4 Å². The van der Waals surface area contributed by atoms with E-state index in [0.717, 1.165) is 0 Å². The Morgan fingerprint density at radius 3 is 2.48 bits per heavy atom. The van der Waals surface area contributed by atoms with E-state index < -0.39 is 6.23 Å². The average Bonchev–Trinajstić information content (AvgIpc) is 3.14. The lowest BCUT2D eigenvalue weighted by Gasteiger charge is -2.19. The van der Waals surface area contributed by atoms with Gasteiger partial charge >= 0.3 is 0 Å². The van der Waals surface area contributed by atoms with E-state index in [-0.39, 0.29) is 12.4 Å². The maximum absolute atomic E-state index is 12.8. The number of nitrogens with zero attached hydrogens (tertiary/aromatic N) is 2. The molecular formula is C18H13Cl3N2O2. The van der Waals surface area contributed by atoms with Crippen LogP contribution in [0.1, 0.15) is 22.1 Å². The Morgan fingerprint density at radius 1 is 1.08 bits per heavy atom. The Hall–Kier alpha value is -1.85. The van der Waals surface area contributed by atoms with Crippen molar-refractivity contribution in [2.75, 3.05) is 0 Å². The van der Waals surface area contributed by atoms with Crippen LogP contribution in [0.3, 0.4) is 0 Å². The molecule has 0 saturated carbocycles. The Bertz CT molecular complexity index is 868. The molecule has 1 heterocycles. The number of carbonyl (C=O) groups is 1. The highest BCUT2D eigenvalue weighted by Gasteiger charge is 2.23. The van der Waals surface area contributed by atoms with Crippen LogP contribution in [0.4, 0.5) is 0 Å². The molecule has 0 aliphatic rings. The maximum Gasteiger partial charge on any atom is 0.212 e. The number of hydrogen-bond acceptors (Lipinski definition) is 3. The zero-order chi connectivity index (χ0) is 17.8. The van der Waals surface area contributed by atoms with Gasteiger partial charge in [-0.2, -0.15) is 0 Å². The van der Waals surface area contributed by atoms with Crippen molar-refractivity contribution in [2.45, 2.75) is 12.8 Å². The van der Waals surface area contributed by atoms with Gasteiger partial charge in [-0.25, -0.2) is 4.98 Å². The monoisotopic (exact) mass is 394 g/mol. The van der Waals surface area contributed by atoms with Gasteiger partial charge in [0, 0.05) is 23.0 Å². The number of Topliss-reactive ketones (excluding diaryl/α,β-unsaturated/α-hetero) is 1. The topological polar surface area (TPSA) is 44.1 Å². The molecule has 0 bridgehead atoms. The van der Waals surface area contributed by atoms with Crippen molar-refractivity contribution in [3.63, 3.8) is 0 Å². The first-order chi connectivity index (χ1) is 12.1. The fourth-order valence-corrected chi connectivity index (χ4v) is 2.92. The fourth-order valence-electron chi connectivity index (χ4n) is 2.29. The molecule has 1 atom stereocenters. The maximum atomic E-state index is 12.8. The molecule has 0 saturated heterocycles. The number of carbonyl (C=O) groups excluding carboxylic acids is 1. The van der Waals surface area contributed by atoms with Crippen molar-refractivity contribution in [3.8, 4) is 0 Å². The third-order valence-electron chi connectivity index (χ3n) is 3.56. The SMILES string of the molecule is O=C(c1ccccc1)C(OCc1cc(Cl)c(Cl)cc1Cl)n1ccnc1. The van der Waals surface area contributed by atoms with Crippen molar-refractivity contribution >= 4 is 40.6 Å². The molecule has 7 heteroatoms. The molecule has 4 nitrogen and oxygen atoms in total. The number of aromatic nitrogens is 2. The zero-order valence-electron chi connectivity index (χ0n) is 12.9. The molecule has 25 heavy (non-hydrogen) atoms. The summed E-state index contributed by atoms with van der Waals surface area (Å²) in [6, 6.07) is 12.1. The Balaban J connectivity index is 1.84. The van der Waals surface area contributed by atoms with E-state index in [9.17, 15) is 4.79 Å². The second-order valence-corrected chi connectivity index (χ2v) is 6.48. The minimum Gasteiger partial charge on any atom is -0.345 e. The van der Waals surface area contributed by atoms with Gasteiger partial charge in [-0.3, -0.25) is 4.79 Å². The van der Waals surface area contributed by atoms with Gasteiger partial charge < -0.3 is 9.30 Å². The predicted octanol–water partition coefficient (Wildman–Crippen LogP) is 5.44. The molecular weight excluding hydrogens is 383 g/mol. The lowest BCUT2D eigenvalue weighted by Crippen LogP contribution is -2.22. The van der Waals surface area contributed by atoms with Gasteiger partial charge in [-0.1, -0.05) is 65.1 Å². The van der Waals surface area contributed by atoms with Gasteiger partial charge in [-0.15, -0.1) is 0 Å². The van der Waals surface area contributed by atoms with Gasteiger partial charge in [-0.05, 0) is 17.7 Å². The van der Waals surface area contributed by atoms with E-state index in [1.807, 2.05) is 6.07 Å². The Kier molecular flexibility index (Phi) is 5.76. The van der Waals surface area contributed by atoms with Gasteiger partial charge in [0.25, 0.3) is 0 Å². The smallest absolute Gasteiger partial charge is 0.212 e. The van der Waals surface area contributed by atoms with Crippen LogP contribution in [0.25, 0.3) is 0 Å². The molecule has 0 aliphatic heterocycles.